The maximum absolute atomic E-state index is 12.3. The Hall–Kier alpha value is -2.18. The van der Waals surface area contributed by atoms with Crippen molar-refractivity contribution in [3.8, 4) is 5.75 Å². The maximum atomic E-state index is 12.3. The van der Waals surface area contributed by atoms with E-state index in [0.717, 1.165) is 5.56 Å². The molecule has 2 amide bonds. The van der Waals surface area contributed by atoms with Crippen molar-refractivity contribution in [2.45, 2.75) is 19.1 Å². The molecule has 0 aromatic heterocycles. The zero-order valence-corrected chi connectivity index (χ0v) is 16.4. The van der Waals surface area contributed by atoms with Crippen LogP contribution in [0.2, 0.25) is 5.02 Å². The molecule has 7 heteroatoms. The van der Waals surface area contributed by atoms with E-state index in [2.05, 4.69) is 10.6 Å². The predicted octanol–water partition coefficient (Wildman–Crippen LogP) is 4.36. The number of hydrogen-bond acceptors (Lipinski definition) is 4. The van der Waals surface area contributed by atoms with Gasteiger partial charge in [-0.15, -0.1) is 11.8 Å². The maximum Gasteiger partial charge on any atom is 0.237 e. The number of rotatable bonds is 7. The van der Waals surface area contributed by atoms with Crippen molar-refractivity contribution in [1.82, 2.24) is 0 Å². The monoisotopic (exact) mass is 392 g/mol. The summed E-state index contributed by atoms with van der Waals surface area (Å²) < 4.78 is 5.20. The molecule has 0 aliphatic heterocycles. The Balaban J connectivity index is 1.87. The number of anilines is 2. The van der Waals surface area contributed by atoms with E-state index in [1.165, 1.54) is 11.8 Å². The molecule has 2 N–H and O–H groups in total. The van der Waals surface area contributed by atoms with Gasteiger partial charge in [-0.3, -0.25) is 9.59 Å². The van der Waals surface area contributed by atoms with Crippen molar-refractivity contribution in [2.24, 2.45) is 0 Å². The highest BCUT2D eigenvalue weighted by Gasteiger charge is 2.17. The first-order chi connectivity index (χ1) is 12.4. The highest BCUT2D eigenvalue weighted by atomic mass is 35.5. The van der Waals surface area contributed by atoms with Crippen LogP contribution in [-0.2, 0) is 9.59 Å². The lowest BCUT2D eigenvalue weighted by Crippen LogP contribution is -2.25. The van der Waals surface area contributed by atoms with Crippen molar-refractivity contribution in [3.63, 3.8) is 0 Å². The smallest absolute Gasteiger partial charge is 0.237 e. The number of halogens is 1. The van der Waals surface area contributed by atoms with Gasteiger partial charge in [-0.05, 0) is 43.7 Å². The summed E-state index contributed by atoms with van der Waals surface area (Å²) in [5, 5.41) is 5.84. The molecule has 0 spiro atoms. The van der Waals surface area contributed by atoms with Crippen LogP contribution in [0.3, 0.4) is 0 Å². The van der Waals surface area contributed by atoms with Crippen LogP contribution in [0.5, 0.6) is 5.75 Å². The molecule has 0 aliphatic carbocycles. The van der Waals surface area contributed by atoms with E-state index >= 15 is 0 Å². The lowest BCUT2D eigenvalue weighted by molar-refractivity contribution is -0.115. The van der Waals surface area contributed by atoms with Crippen LogP contribution < -0.4 is 15.4 Å². The zero-order chi connectivity index (χ0) is 19.1. The fourth-order valence-corrected chi connectivity index (χ4v) is 3.05. The van der Waals surface area contributed by atoms with Crippen LogP contribution in [0.4, 0.5) is 11.4 Å². The summed E-state index contributed by atoms with van der Waals surface area (Å²) in [6.45, 7) is 3.60. The highest BCUT2D eigenvalue weighted by molar-refractivity contribution is 8.01. The number of para-hydroxylation sites is 2. The summed E-state index contributed by atoms with van der Waals surface area (Å²) >= 11 is 7.32. The molecule has 138 valence electrons. The van der Waals surface area contributed by atoms with Crippen LogP contribution in [0, 0.1) is 6.92 Å². The second-order valence-electron chi connectivity index (χ2n) is 5.60. The van der Waals surface area contributed by atoms with E-state index in [9.17, 15) is 9.59 Å². The third kappa shape index (κ3) is 5.41. The molecule has 0 fully saturated rings. The van der Waals surface area contributed by atoms with Crippen LogP contribution in [0.15, 0.2) is 42.5 Å². The molecule has 0 saturated heterocycles. The first kappa shape index (κ1) is 20.1. The standard InChI is InChI=1S/C19H21ClN2O3S/c1-12-14(20)7-6-9-15(12)22-19(24)13(2)26-11-18(23)21-16-8-4-5-10-17(16)25-3/h4-10,13H,11H2,1-3H3,(H,21,23)(H,22,24)/t13-/m1/s1. The Kier molecular flexibility index (Phi) is 7.36. The number of thioether (sulfide) groups is 1. The molecule has 2 rings (SSSR count). The Morgan fingerprint density at radius 3 is 2.54 bits per heavy atom. The normalized spacial score (nSPS) is 11.5. The molecule has 0 unspecified atom stereocenters. The van der Waals surface area contributed by atoms with Gasteiger partial charge in [0.05, 0.1) is 23.8 Å². The van der Waals surface area contributed by atoms with E-state index in [-0.39, 0.29) is 17.6 Å². The molecule has 2 aromatic rings. The lowest BCUT2D eigenvalue weighted by Gasteiger charge is -2.14. The molecule has 0 radical (unpaired) electrons. The number of carbonyl (C=O) groups excluding carboxylic acids is 2. The molecule has 0 heterocycles. The lowest BCUT2D eigenvalue weighted by atomic mass is 10.2. The number of nitrogens with one attached hydrogen (secondary N) is 2. The minimum absolute atomic E-state index is 0.154. The molecule has 26 heavy (non-hydrogen) atoms. The average Bonchev–Trinajstić information content (AvgIpc) is 2.63. The summed E-state index contributed by atoms with van der Waals surface area (Å²) in [6.07, 6.45) is 0. The number of hydrogen-bond donors (Lipinski definition) is 2. The van der Waals surface area contributed by atoms with Crippen molar-refractivity contribution >= 4 is 46.6 Å². The van der Waals surface area contributed by atoms with Gasteiger partial charge in [-0.25, -0.2) is 0 Å². The van der Waals surface area contributed by atoms with Gasteiger partial charge in [0.2, 0.25) is 11.8 Å². The minimum Gasteiger partial charge on any atom is -0.495 e. The van der Waals surface area contributed by atoms with Crippen LogP contribution in [0.25, 0.3) is 0 Å². The van der Waals surface area contributed by atoms with Gasteiger partial charge in [0.15, 0.2) is 0 Å². The van der Waals surface area contributed by atoms with Crippen LogP contribution >= 0.6 is 23.4 Å². The molecular formula is C19H21ClN2O3S. The van der Waals surface area contributed by atoms with E-state index in [0.29, 0.717) is 22.1 Å². The van der Waals surface area contributed by atoms with E-state index < -0.39 is 5.25 Å². The molecule has 0 aliphatic rings. The fourth-order valence-electron chi connectivity index (χ4n) is 2.19. The predicted molar refractivity (Wildman–Crippen MR) is 108 cm³/mol. The second kappa shape index (κ2) is 9.50. The quantitative estimate of drug-likeness (QED) is 0.734. The highest BCUT2D eigenvalue weighted by Crippen LogP contribution is 2.25. The molecule has 0 bridgehead atoms. The SMILES string of the molecule is COc1ccccc1NC(=O)CS[C@H](C)C(=O)Nc1cccc(Cl)c1C. The number of amides is 2. The van der Waals surface area contributed by atoms with Crippen LogP contribution in [-0.4, -0.2) is 29.9 Å². The minimum atomic E-state index is -0.392. The summed E-state index contributed by atoms with van der Waals surface area (Å²) in [5.41, 5.74) is 2.09. The number of ether oxygens (including phenoxy) is 1. The van der Waals surface area contributed by atoms with Crippen molar-refractivity contribution < 1.29 is 14.3 Å². The fraction of sp³-hybridized carbons (Fsp3) is 0.263. The topological polar surface area (TPSA) is 67.4 Å². The van der Waals surface area contributed by atoms with E-state index in [4.69, 9.17) is 16.3 Å². The molecule has 2 aromatic carbocycles. The van der Waals surface area contributed by atoms with E-state index in [1.54, 1.807) is 44.4 Å². The first-order valence-corrected chi connectivity index (χ1v) is 9.45. The van der Waals surface area contributed by atoms with Gasteiger partial charge < -0.3 is 15.4 Å². The van der Waals surface area contributed by atoms with Gasteiger partial charge in [-0.1, -0.05) is 29.8 Å². The van der Waals surface area contributed by atoms with Gasteiger partial charge in [-0.2, -0.15) is 0 Å². The molecule has 1 atom stereocenters. The average molecular weight is 393 g/mol. The van der Waals surface area contributed by atoms with Gasteiger partial charge in [0, 0.05) is 10.7 Å². The van der Waals surface area contributed by atoms with Gasteiger partial charge in [0.25, 0.3) is 0 Å². The zero-order valence-electron chi connectivity index (χ0n) is 14.8. The van der Waals surface area contributed by atoms with Gasteiger partial charge in [0.1, 0.15) is 5.75 Å². The molecule has 0 saturated carbocycles. The summed E-state index contributed by atoms with van der Waals surface area (Å²) in [6, 6.07) is 12.5. The van der Waals surface area contributed by atoms with E-state index in [1.807, 2.05) is 19.1 Å². The summed E-state index contributed by atoms with van der Waals surface area (Å²) in [4.78, 5) is 24.4. The van der Waals surface area contributed by atoms with Crippen molar-refractivity contribution in [1.29, 1.82) is 0 Å². The summed E-state index contributed by atoms with van der Waals surface area (Å²) in [5.74, 6) is 0.373. The molecule has 5 nitrogen and oxygen atoms in total. The van der Waals surface area contributed by atoms with Crippen molar-refractivity contribution in [3.05, 3.63) is 53.1 Å². The Morgan fingerprint density at radius 2 is 1.81 bits per heavy atom. The number of benzene rings is 2. The third-order valence-corrected chi connectivity index (χ3v) is 5.29. The number of methoxy groups -OCH3 is 1. The summed E-state index contributed by atoms with van der Waals surface area (Å²) in [7, 11) is 1.55. The van der Waals surface area contributed by atoms with Crippen molar-refractivity contribution in [2.75, 3.05) is 23.5 Å². The Bertz CT molecular complexity index is 798. The number of carbonyl (C=O) groups is 2. The third-order valence-electron chi connectivity index (χ3n) is 3.74. The Labute approximate surface area is 162 Å². The second-order valence-corrected chi connectivity index (χ2v) is 7.34. The molecular weight excluding hydrogens is 372 g/mol. The van der Waals surface area contributed by atoms with Crippen LogP contribution in [0.1, 0.15) is 12.5 Å². The van der Waals surface area contributed by atoms with Gasteiger partial charge >= 0.3 is 0 Å². The Morgan fingerprint density at radius 1 is 1.12 bits per heavy atom. The largest absolute Gasteiger partial charge is 0.495 e. The first-order valence-electron chi connectivity index (χ1n) is 8.02.